The molecule has 2 aliphatic rings. The number of aromatic amines is 1. The number of para-hydroxylation sites is 1. The average Bonchev–Trinajstić information content (AvgIpc) is 3.58. The van der Waals surface area contributed by atoms with E-state index in [1.54, 1.807) is 12.1 Å². The van der Waals surface area contributed by atoms with Crippen molar-refractivity contribution in [3.63, 3.8) is 0 Å². The minimum absolute atomic E-state index is 0.0128. The second-order valence-electron chi connectivity index (χ2n) is 10.1. The van der Waals surface area contributed by atoms with Gasteiger partial charge in [-0.3, -0.25) is 14.4 Å². The minimum atomic E-state index is -1.23. The van der Waals surface area contributed by atoms with Gasteiger partial charge in [-0.25, -0.2) is 0 Å². The number of carbonyl (C=O) groups is 3. The Morgan fingerprint density at radius 1 is 1.20 bits per heavy atom. The molecule has 5 rings (SSSR count). The average molecular weight is 564 g/mol. The van der Waals surface area contributed by atoms with Crippen molar-refractivity contribution in [1.82, 2.24) is 15.2 Å². The Bertz CT molecular complexity index is 1450. The van der Waals surface area contributed by atoms with Crippen molar-refractivity contribution in [2.75, 3.05) is 40.5 Å². The van der Waals surface area contributed by atoms with Gasteiger partial charge in [-0.05, 0) is 35.7 Å². The number of aromatic nitrogens is 1. The van der Waals surface area contributed by atoms with E-state index in [0.29, 0.717) is 35.3 Å². The molecule has 4 atom stereocenters. The molecule has 0 fully saturated rings. The number of aliphatic hydroxyl groups is 2. The molecule has 2 heterocycles. The van der Waals surface area contributed by atoms with Gasteiger partial charge in [-0.2, -0.15) is 0 Å². The number of rotatable bonds is 11. The largest absolute Gasteiger partial charge is 0.493 e. The number of hydrogen-bond donors (Lipinski definition) is 4. The van der Waals surface area contributed by atoms with Crippen LogP contribution in [0.25, 0.3) is 10.9 Å². The van der Waals surface area contributed by atoms with Gasteiger partial charge in [0.15, 0.2) is 11.5 Å². The van der Waals surface area contributed by atoms with E-state index in [9.17, 15) is 24.6 Å². The maximum absolute atomic E-state index is 13.4. The van der Waals surface area contributed by atoms with E-state index in [-0.39, 0.29) is 37.8 Å². The number of aliphatic hydroxyl groups excluding tert-OH is 2. The summed E-state index contributed by atoms with van der Waals surface area (Å²) < 4.78 is 16.8. The molecule has 0 saturated heterocycles. The maximum Gasteiger partial charge on any atom is 0.249 e. The summed E-state index contributed by atoms with van der Waals surface area (Å²) in [6, 6.07) is 12.1. The lowest BCUT2D eigenvalue weighted by Gasteiger charge is -2.40. The lowest BCUT2D eigenvalue weighted by molar-refractivity contribution is -0.141. The predicted octanol–water partition coefficient (Wildman–Crippen LogP) is 1.33. The SMILES string of the molecule is COCC(=O)N(CCc1cc2ccccc2[nH]1)C1C=C(C(=O)NCCO)C2c3cc(C=O)cc(OC)c3OC2C1O. The Hall–Kier alpha value is -4.19. The lowest BCUT2D eigenvalue weighted by Crippen LogP contribution is -2.56. The van der Waals surface area contributed by atoms with E-state index in [0.717, 1.165) is 16.6 Å². The van der Waals surface area contributed by atoms with E-state index in [1.807, 2.05) is 30.3 Å². The molecule has 1 aliphatic carbocycles. The van der Waals surface area contributed by atoms with Crippen molar-refractivity contribution in [2.45, 2.75) is 30.6 Å². The van der Waals surface area contributed by atoms with E-state index in [1.165, 1.54) is 25.2 Å². The highest BCUT2D eigenvalue weighted by atomic mass is 16.5. The molecular weight excluding hydrogens is 530 g/mol. The van der Waals surface area contributed by atoms with Crippen molar-refractivity contribution in [3.8, 4) is 11.5 Å². The summed E-state index contributed by atoms with van der Waals surface area (Å²) in [6.45, 7) is -0.250. The molecule has 1 aromatic heterocycles. The first-order valence-electron chi connectivity index (χ1n) is 13.4. The molecule has 0 bridgehead atoms. The van der Waals surface area contributed by atoms with Crippen LogP contribution in [0.15, 0.2) is 54.1 Å². The zero-order valence-electron chi connectivity index (χ0n) is 22.8. The van der Waals surface area contributed by atoms with Gasteiger partial charge in [-0.15, -0.1) is 0 Å². The number of methoxy groups -OCH3 is 2. The van der Waals surface area contributed by atoms with Crippen LogP contribution in [0.3, 0.4) is 0 Å². The van der Waals surface area contributed by atoms with Crippen LogP contribution in [-0.4, -0.2) is 97.0 Å². The molecule has 41 heavy (non-hydrogen) atoms. The van der Waals surface area contributed by atoms with Gasteiger partial charge in [0.25, 0.3) is 0 Å². The number of H-pyrrole nitrogens is 1. The molecule has 3 aromatic rings. The lowest BCUT2D eigenvalue weighted by atomic mass is 9.77. The van der Waals surface area contributed by atoms with E-state index < -0.39 is 30.1 Å². The Balaban J connectivity index is 1.53. The molecule has 4 unspecified atom stereocenters. The summed E-state index contributed by atoms with van der Waals surface area (Å²) in [6.07, 6.45) is 0.531. The molecular formula is C30H33N3O8. The number of ether oxygens (including phenoxy) is 3. The maximum atomic E-state index is 13.4. The number of nitrogens with zero attached hydrogens (tertiary/aromatic N) is 1. The molecule has 4 N–H and O–H groups in total. The molecule has 2 amide bonds. The monoisotopic (exact) mass is 563 g/mol. The highest BCUT2D eigenvalue weighted by Gasteiger charge is 2.51. The molecule has 1 aliphatic heterocycles. The number of hydrogen-bond acceptors (Lipinski definition) is 8. The standard InChI is InChI=1S/C30H33N3O8/c1-39-16-25(36)33(9-7-19-13-18-5-3-4-6-22(18)32-19)23-14-21(30(38)31-8-10-34)26-20-11-17(15-35)12-24(40-2)28(20)41-29(26)27(23)37/h3-6,11-15,23,26-27,29,32,34,37H,7-10,16H2,1-2H3,(H,31,38). The second-order valence-corrected chi connectivity index (χ2v) is 10.1. The summed E-state index contributed by atoms with van der Waals surface area (Å²) in [4.78, 5) is 43.3. The summed E-state index contributed by atoms with van der Waals surface area (Å²) in [5.41, 5.74) is 2.98. The third-order valence-corrected chi connectivity index (χ3v) is 7.57. The van der Waals surface area contributed by atoms with Crippen molar-refractivity contribution >= 4 is 29.0 Å². The zero-order chi connectivity index (χ0) is 29.1. The van der Waals surface area contributed by atoms with E-state index >= 15 is 0 Å². The van der Waals surface area contributed by atoms with Crippen molar-refractivity contribution in [3.05, 3.63) is 70.9 Å². The molecule has 2 aromatic carbocycles. The van der Waals surface area contributed by atoms with Crippen LogP contribution in [0.4, 0.5) is 0 Å². The van der Waals surface area contributed by atoms with Crippen LogP contribution >= 0.6 is 0 Å². The van der Waals surface area contributed by atoms with Crippen LogP contribution in [-0.2, 0) is 20.7 Å². The second kappa shape index (κ2) is 12.1. The summed E-state index contributed by atoms with van der Waals surface area (Å²) in [5, 5.41) is 24.7. The Labute approximate surface area is 236 Å². The van der Waals surface area contributed by atoms with Crippen LogP contribution < -0.4 is 14.8 Å². The summed E-state index contributed by atoms with van der Waals surface area (Å²) in [5.74, 6) is -0.969. The minimum Gasteiger partial charge on any atom is -0.493 e. The third kappa shape index (κ3) is 5.43. The van der Waals surface area contributed by atoms with Crippen LogP contribution in [0, 0.1) is 0 Å². The van der Waals surface area contributed by atoms with Crippen molar-refractivity contribution in [2.24, 2.45) is 0 Å². The van der Waals surface area contributed by atoms with Crippen molar-refractivity contribution in [1.29, 1.82) is 0 Å². The van der Waals surface area contributed by atoms with Gasteiger partial charge in [0, 0.05) is 54.5 Å². The highest BCUT2D eigenvalue weighted by Crippen LogP contribution is 2.51. The summed E-state index contributed by atoms with van der Waals surface area (Å²) >= 11 is 0. The smallest absolute Gasteiger partial charge is 0.249 e. The van der Waals surface area contributed by atoms with Crippen LogP contribution in [0.1, 0.15) is 27.5 Å². The van der Waals surface area contributed by atoms with Gasteiger partial charge in [0.2, 0.25) is 11.8 Å². The van der Waals surface area contributed by atoms with E-state index in [2.05, 4.69) is 10.3 Å². The first-order valence-corrected chi connectivity index (χ1v) is 13.4. The molecule has 0 radical (unpaired) electrons. The number of fused-ring (bicyclic) bond motifs is 4. The fraction of sp³-hybridized carbons (Fsp3) is 0.367. The number of amides is 2. The normalized spacial score (nSPS) is 20.9. The fourth-order valence-corrected chi connectivity index (χ4v) is 5.71. The quantitative estimate of drug-likeness (QED) is 0.255. The predicted molar refractivity (Wildman–Crippen MR) is 149 cm³/mol. The molecule has 11 heteroatoms. The van der Waals surface area contributed by atoms with Gasteiger partial charge in [0.05, 0.1) is 25.7 Å². The number of benzene rings is 2. The van der Waals surface area contributed by atoms with Crippen molar-refractivity contribution < 1.29 is 38.8 Å². The van der Waals surface area contributed by atoms with Gasteiger partial charge in [0.1, 0.15) is 25.1 Å². The van der Waals surface area contributed by atoms with Gasteiger partial charge < -0.3 is 39.6 Å². The molecule has 11 nitrogen and oxygen atoms in total. The Morgan fingerprint density at radius 3 is 2.71 bits per heavy atom. The molecule has 216 valence electrons. The number of nitrogens with one attached hydrogen (secondary N) is 2. The topological polar surface area (TPSA) is 150 Å². The first-order chi connectivity index (χ1) is 19.9. The van der Waals surface area contributed by atoms with Crippen LogP contribution in [0.5, 0.6) is 11.5 Å². The molecule has 0 spiro atoms. The van der Waals surface area contributed by atoms with E-state index in [4.69, 9.17) is 14.2 Å². The van der Waals surface area contributed by atoms with Crippen LogP contribution in [0.2, 0.25) is 0 Å². The first kappa shape index (κ1) is 28.3. The number of aldehydes is 1. The fourth-order valence-electron chi connectivity index (χ4n) is 5.71. The van der Waals surface area contributed by atoms with Gasteiger partial charge in [-0.1, -0.05) is 18.2 Å². The summed E-state index contributed by atoms with van der Waals surface area (Å²) in [7, 11) is 2.85. The third-order valence-electron chi connectivity index (χ3n) is 7.57. The Morgan fingerprint density at radius 2 is 2.00 bits per heavy atom. The zero-order valence-corrected chi connectivity index (χ0v) is 22.8. The molecule has 0 saturated carbocycles. The Kier molecular flexibility index (Phi) is 8.39. The number of carbonyl (C=O) groups excluding carboxylic acids is 3. The van der Waals surface area contributed by atoms with Gasteiger partial charge >= 0.3 is 0 Å². The highest BCUT2D eigenvalue weighted by molar-refractivity contribution is 5.96.